The van der Waals surface area contributed by atoms with Crippen molar-refractivity contribution in [2.75, 3.05) is 5.32 Å². The molecular formula is C22H19NO2. The van der Waals surface area contributed by atoms with Crippen LogP contribution in [0.15, 0.2) is 84.9 Å². The number of benzene rings is 3. The second-order valence-corrected chi connectivity index (χ2v) is 5.80. The van der Waals surface area contributed by atoms with Crippen LogP contribution in [0.25, 0.3) is 5.70 Å². The van der Waals surface area contributed by atoms with E-state index < -0.39 is 0 Å². The summed E-state index contributed by atoms with van der Waals surface area (Å²) >= 11 is 0. The molecule has 0 atom stereocenters. The Morgan fingerprint density at radius 1 is 0.880 bits per heavy atom. The van der Waals surface area contributed by atoms with Gasteiger partial charge in [0, 0.05) is 17.3 Å². The van der Waals surface area contributed by atoms with E-state index in [-0.39, 0.29) is 11.5 Å². The Balaban J connectivity index is 1.99. The van der Waals surface area contributed by atoms with Gasteiger partial charge in [-0.1, -0.05) is 66.2 Å². The smallest absolute Gasteiger partial charge is 0.187 e. The summed E-state index contributed by atoms with van der Waals surface area (Å²) in [5.41, 5.74) is 3.72. The lowest BCUT2D eigenvalue weighted by Gasteiger charge is -2.13. The van der Waals surface area contributed by atoms with E-state index in [0.29, 0.717) is 16.9 Å². The lowest BCUT2D eigenvalue weighted by Crippen LogP contribution is -2.04. The van der Waals surface area contributed by atoms with Crippen molar-refractivity contribution in [3.05, 3.63) is 102 Å². The third-order valence-electron chi connectivity index (χ3n) is 3.84. The normalized spacial score (nSPS) is 11.2. The molecule has 3 heteroatoms. The molecule has 0 radical (unpaired) electrons. The SMILES string of the molecule is Cc1cccc(C(=O)/C=C(\Nc2ccccc2O)c2ccccc2)c1. The number of aryl methyl sites for hydroxylation is 1. The highest BCUT2D eigenvalue weighted by molar-refractivity contribution is 6.09. The number of aromatic hydroxyl groups is 1. The van der Waals surface area contributed by atoms with Gasteiger partial charge >= 0.3 is 0 Å². The molecule has 3 aromatic carbocycles. The van der Waals surface area contributed by atoms with Crippen molar-refractivity contribution in [1.29, 1.82) is 0 Å². The van der Waals surface area contributed by atoms with Gasteiger partial charge in [-0.15, -0.1) is 0 Å². The van der Waals surface area contributed by atoms with Crippen molar-refractivity contribution in [2.45, 2.75) is 6.92 Å². The fourth-order valence-electron chi connectivity index (χ4n) is 2.55. The molecule has 3 nitrogen and oxygen atoms in total. The van der Waals surface area contributed by atoms with Crippen LogP contribution in [0.4, 0.5) is 5.69 Å². The number of hydrogen-bond acceptors (Lipinski definition) is 3. The first-order valence-corrected chi connectivity index (χ1v) is 8.06. The first-order chi connectivity index (χ1) is 12.1. The van der Waals surface area contributed by atoms with Crippen molar-refractivity contribution < 1.29 is 9.90 Å². The molecule has 0 fully saturated rings. The van der Waals surface area contributed by atoms with Gasteiger partial charge in [-0.25, -0.2) is 0 Å². The molecule has 0 spiro atoms. The van der Waals surface area contributed by atoms with Gasteiger partial charge in [-0.3, -0.25) is 4.79 Å². The Hall–Kier alpha value is -3.33. The molecule has 0 aliphatic heterocycles. The number of nitrogens with one attached hydrogen (secondary N) is 1. The number of phenolic OH excluding ortho intramolecular Hbond substituents is 1. The summed E-state index contributed by atoms with van der Waals surface area (Å²) in [6.07, 6.45) is 1.57. The quantitative estimate of drug-likeness (QED) is 0.392. The van der Waals surface area contributed by atoms with Gasteiger partial charge < -0.3 is 10.4 Å². The van der Waals surface area contributed by atoms with Gasteiger partial charge in [-0.2, -0.15) is 0 Å². The maximum atomic E-state index is 12.7. The lowest BCUT2D eigenvalue weighted by molar-refractivity contribution is 0.104. The van der Waals surface area contributed by atoms with Gasteiger partial charge in [0.05, 0.1) is 5.69 Å². The van der Waals surface area contributed by atoms with Crippen LogP contribution in [0, 0.1) is 6.92 Å². The summed E-state index contributed by atoms with van der Waals surface area (Å²) in [5, 5.41) is 13.2. The molecule has 3 rings (SSSR count). The van der Waals surface area contributed by atoms with E-state index in [4.69, 9.17) is 0 Å². The number of phenols is 1. The first-order valence-electron chi connectivity index (χ1n) is 8.06. The molecular weight excluding hydrogens is 310 g/mol. The Morgan fingerprint density at radius 2 is 1.56 bits per heavy atom. The van der Waals surface area contributed by atoms with E-state index in [1.54, 1.807) is 30.3 Å². The second-order valence-electron chi connectivity index (χ2n) is 5.80. The topological polar surface area (TPSA) is 49.3 Å². The number of para-hydroxylation sites is 2. The predicted molar refractivity (Wildman–Crippen MR) is 102 cm³/mol. The first kappa shape index (κ1) is 16.5. The van der Waals surface area contributed by atoms with Gasteiger partial charge in [-0.05, 0) is 30.7 Å². The zero-order valence-corrected chi connectivity index (χ0v) is 13.9. The van der Waals surface area contributed by atoms with Crippen molar-refractivity contribution in [2.24, 2.45) is 0 Å². The molecule has 0 saturated heterocycles. The number of ketones is 1. The molecule has 124 valence electrons. The van der Waals surface area contributed by atoms with Crippen LogP contribution in [0.3, 0.4) is 0 Å². The number of carbonyl (C=O) groups is 1. The molecule has 0 bridgehead atoms. The van der Waals surface area contributed by atoms with Crippen LogP contribution >= 0.6 is 0 Å². The Morgan fingerprint density at radius 3 is 2.28 bits per heavy atom. The molecule has 0 amide bonds. The van der Waals surface area contributed by atoms with Crippen molar-refractivity contribution in [1.82, 2.24) is 0 Å². The molecule has 25 heavy (non-hydrogen) atoms. The summed E-state index contributed by atoms with van der Waals surface area (Å²) in [6, 6.07) is 24.0. The van der Waals surface area contributed by atoms with Gasteiger partial charge in [0.2, 0.25) is 0 Å². The van der Waals surface area contributed by atoms with E-state index >= 15 is 0 Å². The number of anilines is 1. The molecule has 0 aliphatic rings. The van der Waals surface area contributed by atoms with Crippen molar-refractivity contribution >= 4 is 17.2 Å². The van der Waals surface area contributed by atoms with Crippen LogP contribution in [0.2, 0.25) is 0 Å². The maximum Gasteiger partial charge on any atom is 0.187 e. The Bertz CT molecular complexity index is 914. The minimum atomic E-state index is -0.0922. The zero-order chi connectivity index (χ0) is 17.6. The van der Waals surface area contributed by atoms with Gasteiger partial charge in [0.25, 0.3) is 0 Å². The molecule has 2 N–H and O–H groups in total. The summed E-state index contributed by atoms with van der Waals surface area (Å²) in [6.45, 7) is 1.96. The molecule has 3 aromatic rings. The molecule has 0 aliphatic carbocycles. The van der Waals surface area contributed by atoms with E-state index in [0.717, 1.165) is 11.1 Å². The third kappa shape index (κ3) is 4.15. The predicted octanol–water partition coefficient (Wildman–Crippen LogP) is 5.04. The average Bonchev–Trinajstić information content (AvgIpc) is 2.63. The van der Waals surface area contributed by atoms with Crippen LogP contribution in [-0.4, -0.2) is 10.9 Å². The molecule has 0 saturated carbocycles. The maximum absolute atomic E-state index is 12.7. The minimum Gasteiger partial charge on any atom is -0.506 e. The van der Waals surface area contributed by atoms with Crippen LogP contribution in [0.1, 0.15) is 21.5 Å². The fourth-order valence-corrected chi connectivity index (χ4v) is 2.55. The molecule has 0 heterocycles. The highest BCUT2D eigenvalue weighted by atomic mass is 16.3. The fraction of sp³-hybridized carbons (Fsp3) is 0.0455. The summed E-state index contributed by atoms with van der Waals surface area (Å²) in [5.74, 6) is 0.0396. The number of rotatable bonds is 5. The van der Waals surface area contributed by atoms with Gasteiger partial charge in [0.15, 0.2) is 5.78 Å². The number of carbonyl (C=O) groups excluding carboxylic acids is 1. The van der Waals surface area contributed by atoms with E-state index in [9.17, 15) is 9.90 Å². The number of allylic oxidation sites excluding steroid dienone is 1. The summed E-state index contributed by atoms with van der Waals surface area (Å²) in [4.78, 5) is 12.7. The van der Waals surface area contributed by atoms with Crippen LogP contribution in [0.5, 0.6) is 5.75 Å². The highest BCUT2D eigenvalue weighted by Crippen LogP contribution is 2.26. The Kier molecular flexibility index (Phi) is 4.95. The number of hydrogen-bond donors (Lipinski definition) is 2. The summed E-state index contributed by atoms with van der Waals surface area (Å²) in [7, 11) is 0. The van der Waals surface area contributed by atoms with Gasteiger partial charge in [0.1, 0.15) is 5.75 Å². The van der Waals surface area contributed by atoms with Crippen LogP contribution in [-0.2, 0) is 0 Å². The van der Waals surface area contributed by atoms with Crippen LogP contribution < -0.4 is 5.32 Å². The van der Waals surface area contributed by atoms with Crippen molar-refractivity contribution in [3.63, 3.8) is 0 Å². The van der Waals surface area contributed by atoms with E-state index in [1.165, 1.54) is 0 Å². The van der Waals surface area contributed by atoms with E-state index in [2.05, 4.69) is 5.32 Å². The lowest BCUT2D eigenvalue weighted by atomic mass is 10.0. The largest absolute Gasteiger partial charge is 0.506 e. The summed E-state index contributed by atoms with van der Waals surface area (Å²) < 4.78 is 0. The Labute approximate surface area is 147 Å². The second kappa shape index (κ2) is 7.49. The molecule has 0 aromatic heterocycles. The minimum absolute atomic E-state index is 0.0922. The average molecular weight is 329 g/mol. The standard InChI is InChI=1S/C22H19NO2/c1-16-8-7-11-18(14-16)22(25)15-20(17-9-3-2-4-10-17)23-19-12-5-6-13-21(19)24/h2-15,23-24H,1H3/b20-15-. The third-order valence-corrected chi connectivity index (χ3v) is 3.84. The zero-order valence-electron chi connectivity index (χ0n) is 13.9. The van der Waals surface area contributed by atoms with Crippen molar-refractivity contribution in [3.8, 4) is 5.75 Å². The highest BCUT2D eigenvalue weighted by Gasteiger charge is 2.09. The monoisotopic (exact) mass is 329 g/mol. The molecule has 0 unspecified atom stereocenters. The van der Waals surface area contributed by atoms with E-state index in [1.807, 2.05) is 61.5 Å².